The number of hydrogen-bond acceptors (Lipinski definition) is 4. The van der Waals surface area contributed by atoms with Crippen molar-refractivity contribution < 1.29 is 9.59 Å². The van der Waals surface area contributed by atoms with Crippen LogP contribution in [0.4, 0.5) is 0 Å². The molecule has 1 saturated carbocycles. The molecule has 1 fully saturated rings. The van der Waals surface area contributed by atoms with Gasteiger partial charge in [-0.1, -0.05) is 31.4 Å². The summed E-state index contributed by atoms with van der Waals surface area (Å²) in [4.78, 5) is 45.0. The maximum absolute atomic E-state index is 12.7. The van der Waals surface area contributed by atoms with Crippen molar-refractivity contribution in [2.75, 3.05) is 0 Å². The zero-order valence-electron chi connectivity index (χ0n) is 17.6. The van der Waals surface area contributed by atoms with Crippen molar-refractivity contribution in [3.63, 3.8) is 0 Å². The van der Waals surface area contributed by atoms with Gasteiger partial charge < -0.3 is 20.2 Å². The molecule has 1 aliphatic rings. The summed E-state index contributed by atoms with van der Waals surface area (Å²) in [6.07, 6.45) is 6.82. The van der Waals surface area contributed by atoms with Crippen LogP contribution in [0.1, 0.15) is 61.3 Å². The van der Waals surface area contributed by atoms with Crippen molar-refractivity contribution in [2.45, 2.75) is 57.7 Å². The first kappa shape index (κ1) is 20.8. The Bertz CT molecular complexity index is 1110. The van der Waals surface area contributed by atoms with Crippen LogP contribution >= 0.6 is 0 Å². The summed E-state index contributed by atoms with van der Waals surface area (Å²) in [7, 11) is 0. The van der Waals surface area contributed by atoms with Crippen LogP contribution in [0.2, 0.25) is 0 Å². The van der Waals surface area contributed by atoms with E-state index in [1.165, 1.54) is 29.3 Å². The molecule has 0 radical (unpaired) electrons. The summed E-state index contributed by atoms with van der Waals surface area (Å²) < 4.78 is 1.28. The van der Waals surface area contributed by atoms with E-state index in [4.69, 9.17) is 0 Å². The number of para-hydroxylation sites is 2. The summed E-state index contributed by atoms with van der Waals surface area (Å²) >= 11 is 0. The van der Waals surface area contributed by atoms with E-state index in [1.807, 2.05) is 31.2 Å². The lowest BCUT2D eigenvalue weighted by Gasteiger charge is -2.23. The fourth-order valence-corrected chi connectivity index (χ4v) is 3.99. The van der Waals surface area contributed by atoms with Gasteiger partial charge in [-0.3, -0.25) is 14.4 Å². The van der Waals surface area contributed by atoms with Gasteiger partial charge in [0.2, 0.25) is 5.91 Å². The maximum atomic E-state index is 12.7. The van der Waals surface area contributed by atoms with Gasteiger partial charge in [0.25, 0.3) is 11.5 Å². The van der Waals surface area contributed by atoms with E-state index in [2.05, 4.69) is 20.6 Å². The van der Waals surface area contributed by atoms with Crippen LogP contribution in [0.15, 0.2) is 47.4 Å². The fraction of sp³-hybridized carbons (Fsp3) is 0.391. The van der Waals surface area contributed by atoms with Gasteiger partial charge in [-0.15, -0.1) is 0 Å². The minimum Gasteiger partial charge on any atom is -0.352 e. The molecule has 3 N–H and O–H groups in total. The average Bonchev–Trinajstić information content (AvgIpc) is 3.20. The predicted molar refractivity (Wildman–Crippen MR) is 118 cm³/mol. The topological polar surface area (TPSA) is 109 Å². The molecule has 162 valence electrons. The highest BCUT2D eigenvalue weighted by atomic mass is 16.2. The maximum Gasteiger partial charge on any atom is 0.253 e. The number of carbonyl (C=O) groups is 2. The number of pyridine rings is 1. The molecule has 0 spiro atoms. The lowest BCUT2D eigenvalue weighted by molar-refractivity contribution is -0.122. The summed E-state index contributed by atoms with van der Waals surface area (Å²) in [5.74, 6) is 0.103. The van der Waals surface area contributed by atoms with Gasteiger partial charge in [0.15, 0.2) is 0 Å². The van der Waals surface area contributed by atoms with Crippen LogP contribution in [0, 0.1) is 0 Å². The van der Waals surface area contributed by atoms with E-state index in [-0.39, 0.29) is 36.0 Å². The number of aromatic amines is 1. The molecule has 2 aromatic heterocycles. The van der Waals surface area contributed by atoms with Crippen LogP contribution in [-0.2, 0) is 11.3 Å². The Hall–Kier alpha value is -3.42. The number of nitrogens with zero attached hydrogens (tertiary/aromatic N) is 2. The third kappa shape index (κ3) is 5.02. The number of aromatic nitrogens is 3. The molecule has 2 heterocycles. The number of fused-ring (bicyclic) bond motifs is 1. The number of imidazole rings is 1. The fourth-order valence-electron chi connectivity index (χ4n) is 3.99. The van der Waals surface area contributed by atoms with Crippen molar-refractivity contribution in [1.29, 1.82) is 0 Å². The third-order valence-electron chi connectivity index (χ3n) is 5.70. The van der Waals surface area contributed by atoms with Crippen LogP contribution in [-0.4, -0.2) is 32.4 Å². The molecule has 8 heteroatoms. The Labute approximate surface area is 180 Å². The van der Waals surface area contributed by atoms with Crippen molar-refractivity contribution in [1.82, 2.24) is 25.2 Å². The monoisotopic (exact) mass is 421 g/mol. The molecule has 1 unspecified atom stereocenters. The molecule has 0 saturated heterocycles. The van der Waals surface area contributed by atoms with Crippen molar-refractivity contribution in [3.05, 3.63) is 64.3 Å². The molecule has 0 aliphatic heterocycles. The van der Waals surface area contributed by atoms with Crippen molar-refractivity contribution in [3.8, 4) is 0 Å². The summed E-state index contributed by atoms with van der Waals surface area (Å²) in [6.45, 7) is 1.73. The van der Waals surface area contributed by atoms with Crippen LogP contribution in [0.3, 0.4) is 0 Å². The summed E-state index contributed by atoms with van der Waals surface area (Å²) in [5.41, 5.74) is 1.72. The summed E-state index contributed by atoms with van der Waals surface area (Å²) in [5, 5.41) is 5.89. The average molecular weight is 422 g/mol. The second kappa shape index (κ2) is 9.16. The second-order valence-corrected chi connectivity index (χ2v) is 8.12. The van der Waals surface area contributed by atoms with Crippen molar-refractivity contribution in [2.24, 2.45) is 0 Å². The minimum absolute atomic E-state index is 0.102. The zero-order chi connectivity index (χ0) is 21.8. The Kier molecular flexibility index (Phi) is 6.16. The Morgan fingerprint density at radius 1 is 1.16 bits per heavy atom. The molecule has 3 aromatic rings. The highest BCUT2D eigenvalue weighted by Crippen LogP contribution is 2.17. The first-order valence-electron chi connectivity index (χ1n) is 10.7. The number of nitrogens with one attached hydrogen (secondary N) is 3. The number of rotatable bonds is 6. The Morgan fingerprint density at radius 3 is 2.71 bits per heavy atom. The molecule has 2 amide bonds. The molecule has 4 rings (SSSR count). The van der Waals surface area contributed by atoms with E-state index in [1.54, 1.807) is 0 Å². The van der Waals surface area contributed by atoms with E-state index >= 15 is 0 Å². The van der Waals surface area contributed by atoms with Crippen molar-refractivity contribution >= 4 is 22.8 Å². The van der Waals surface area contributed by atoms with Gasteiger partial charge in [0.05, 0.1) is 22.6 Å². The van der Waals surface area contributed by atoms with E-state index in [9.17, 15) is 14.4 Å². The predicted octanol–water partition coefficient (Wildman–Crippen LogP) is 2.66. The van der Waals surface area contributed by atoms with E-state index in [0.29, 0.717) is 11.4 Å². The molecular weight excluding hydrogens is 394 g/mol. The first-order valence-corrected chi connectivity index (χ1v) is 10.7. The number of benzene rings is 1. The third-order valence-corrected chi connectivity index (χ3v) is 5.70. The quantitative estimate of drug-likeness (QED) is 0.568. The first-order chi connectivity index (χ1) is 15.0. The SMILES string of the molecule is CC(NC(=O)c1ccc(=O)n(CC(=O)NC2CCCCC2)c1)c1nc2ccccc2[nH]1. The molecule has 0 bridgehead atoms. The molecule has 8 nitrogen and oxygen atoms in total. The Balaban J connectivity index is 1.42. The lowest BCUT2D eigenvalue weighted by Crippen LogP contribution is -2.40. The molecule has 1 atom stereocenters. The highest BCUT2D eigenvalue weighted by Gasteiger charge is 2.18. The molecular formula is C23H27N5O3. The molecule has 1 aromatic carbocycles. The van der Waals surface area contributed by atoms with E-state index < -0.39 is 0 Å². The number of H-pyrrole nitrogens is 1. The van der Waals surface area contributed by atoms with Gasteiger partial charge in [-0.25, -0.2) is 4.98 Å². The largest absolute Gasteiger partial charge is 0.352 e. The number of hydrogen-bond donors (Lipinski definition) is 3. The van der Waals surface area contributed by atoms with Gasteiger partial charge in [-0.05, 0) is 38.0 Å². The smallest absolute Gasteiger partial charge is 0.253 e. The van der Waals surface area contributed by atoms with Gasteiger partial charge in [0, 0.05) is 18.3 Å². The van der Waals surface area contributed by atoms with Crippen LogP contribution in [0.25, 0.3) is 11.0 Å². The highest BCUT2D eigenvalue weighted by molar-refractivity contribution is 5.94. The normalized spacial score (nSPS) is 15.5. The number of amides is 2. The van der Waals surface area contributed by atoms with Gasteiger partial charge in [-0.2, -0.15) is 0 Å². The Morgan fingerprint density at radius 2 is 1.94 bits per heavy atom. The van der Waals surface area contributed by atoms with Crippen LogP contribution in [0.5, 0.6) is 0 Å². The number of carbonyl (C=O) groups excluding carboxylic acids is 2. The lowest BCUT2D eigenvalue weighted by atomic mass is 9.95. The second-order valence-electron chi connectivity index (χ2n) is 8.12. The van der Waals surface area contributed by atoms with Gasteiger partial charge >= 0.3 is 0 Å². The zero-order valence-corrected chi connectivity index (χ0v) is 17.6. The summed E-state index contributed by atoms with van der Waals surface area (Å²) in [6, 6.07) is 10.3. The molecule has 31 heavy (non-hydrogen) atoms. The van der Waals surface area contributed by atoms with Crippen LogP contribution < -0.4 is 16.2 Å². The van der Waals surface area contributed by atoms with Gasteiger partial charge in [0.1, 0.15) is 12.4 Å². The molecule has 1 aliphatic carbocycles. The van der Waals surface area contributed by atoms with E-state index in [0.717, 1.165) is 36.7 Å². The standard InChI is InChI=1S/C23H27N5O3/c1-15(22-26-18-9-5-6-10-19(18)27-22)24-23(31)16-11-12-21(30)28(13-16)14-20(29)25-17-7-3-2-4-8-17/h5-6,9-13,15,17H,2-4,7-8,14H2,1H3,(H,24,31)(H,25,29)(H,26,27). The minimum atomic E-state index is -0.352.